The van der Waals surface area contributed by atoms with Crippen LogP contribution in [0.25, 0.3) is 0 Å². The maximum Gasteiger partial charge on any atom is 0.302 e. The van der Waals surface area contributed by atoms with Gasteiger partial charge in [0, 0.05) is 6.92 Å². The van der Waals surface area contributed by atoms with Gasteiger partial charge >= 0.3 is 5.97 Å². The van der Waals surface area contributed by atoms with Crippen LogP contribution >= 0.6 is 0 Å². The molecule has 0 aliphatic heterocycles. The van der Waals surface area contributed by atoms with Crippen molar-refractivity contribution in [3.8, 4) is 0 Å². The lowest BCUT2D eigenvalue weighted by molar-refractivity contribution is -0.161. The van der Waals surface area contributed by atoms with Crippen LogP contribution in [0.3, 0.4) is 0 Å². The average Bonchev–Trinajstić information content (AvgIpc) is 2.92. The van der Waals surface area contributed by atoms with Crippen LogP contribution in [0.2, 0.25) is 0 Å². The minimum Gasteiger partial charge on any atom is -0.463 e. The Morgan fingerprint density at radius 3 is 2.22 bits per heavy atom. The summed E-state index contributed by atoms with van der Waals surface area (Å²) >= 11 is 0. The summed E-state index contributed by atoms with van der Waals surface area (Å²) in [7, 11) is 0. The zero-order chi connectivity index (χ0) is 19.6. The predicted octanol–water partition coefficient (Wildman–Crippen LogP) is 6.62. The smallest absolute Gasteiger partial charge is 0.302 e. The molecule has 4 aliphatic rings. The number of rotatable bonds is 1. The molecule has 0 aromatic rings. The highest BCUT2D eigenvalue weighted by molar-refractivity contribution is 5.66. The normalized spacial score (nSPS) is 49.7. The van der Waals surface area contributed by atoms with Crippen LogP contribution in [0.15, 0.2) is 0 Å². The van der Waals surface area contributed by atoms with E-state index in [0.29, 0.717) is 16.2 Å². The number of hydrogen-bond donors (Lipinski definition) is 0. The Morgan fingerprint density at radius 2 is 1.56 bits per heavy atom. The third-order valence-electron chi connectivity index (χ3n) is 10.00. The van der Waals surface area contributed by atoms with Gasteiger partial charge in [0.25, 0.3) is 0 Å². The number of esters is 1. The fraction of sp³-hybridized carbons (Fsp3) is 0.960. The highest BCUT2D eigenvalue weighted by Crippen LogP contribution is 2.69. The molecule has 0 radical (unpaired) electrons. The van der Waals surface area contributed by atoms with Gasteiger partial charge in [-0.15, -0.1) is 0 Å². The first-order valence-corrected chi connectivity index (χ1v) is 11.7. The molecule has 0 N–H and O–H groups in total. The summed E-state index contributed by atoms with van der Waals surface area (Å²) in [5, 5.41) is 0. The topological polar surface area (TPSA) is 26.3 Å². The van der Waals surface area contributed by atoms with Crippen molar-refractivity contribution in [3.05, 3.63) is 0 Å². The first-order chi connectivity index (χ1) is 12.6. The lowest BCUT2D eigenvalue weighted by atomic mass is 9.44. The van der Waals surface area contributed by atoms with E-state index in [1.54, 1.807) is 6.92 Å². The number of ether oxygens (including phenoxy) is 1. The number of carbonyl (C=O) groups is 1. The third-order valence-corrected chi connectivity index (χ3v) is 10.00. The van der Waals surface area contributed by atoms with E-state index in [-0.39, 0.29) is 12.1 Å². The molecule has 8 atom stereocenters. The SMILES string of the molecule is CC(=O)OC1CCC2(C)C(CCC3C2CCC2(C)C3CCC2C(C)(C)C)C1. The molecule has 4 saturated carbocycles. The molecule has 4 aliphatic carbocycles. The lowest BCUT2D eigenvalue weighted by Gasteiger charge is -2.61. The summed E-state index contributed by atoms with van der Waals surface area (Å²) in [5.74, 6) is 4.37. The van der Waals surface area contributed by atoms with Gasteiger partial charge in [-0.2, -0.15) is 0 Å². The van der Waals surface area contributed by atoms with E-state index in [0.717, 1.165) is 42.4 Å². The van der Waals surface area contributed by atoms with E-state index in [1.165, 1.54) is 44.9 Å². The van der Waals surface area contributed by atoms with E-state index in [2.05, 4.69) is 34.6 Å². The number of fused-ring (bicyclic) bond motifs is 5. The van der Waals surface area contributed by atoms with E-state index < -0.39 is 0 Å². The monoisotopic (exact) mass is 374 g/mol. The highest BCUT2D eigenvalue weighted by Gasteiger charge is 2.61. The predicted molar refractivity (Wildman–Crippen MR) is 110 cm³/mol. The maximum atomic E-state index is 11.4. The van der Waals surface area contributed by atoms with Gasteiger partial charge in [-0.25, -0.2) is 0 Å². The van der Waals surface area contributed by atoms with Crippen LogP contribution in [0.4, 0.5) is 0 Å². The highest BCUT2D eigenvalue weighted by atomic mass is 16.5. The van der Waals surface area contributed by atoms with E-state index in [9.17, 15) is 4.79 Å². The minimum atomic E-state index is -0.0927. The van der Waals surface area contributed by atoms with Gasteiger partial charge < -0.3 is 4.74 Å². The second-order valence-electron chi connectivity index (χ2n) is 12.2. The fourth-order valence-electron chi connectivity index (χ4n) is 8.98. The van der Waals surface area contributed by atoms with Crippen molar-refractivity contribution in [2.75, 3.05) is 0 Å². The lowest BCUT2D eigenvalue weighted by Crippen LogP contribution is -2.54. The van der Waals surface area contributed by atoms with Gasteiger partial charge in [0.05, 0.1) is 0 Å². The van der Waals surface area contributed by atoms with Crippen LogP contribution in [0, 0.1) is 45.8 Å². The maximum absolute atomic E-state index is 11.4. The Bertz CT molecular complexity index is 590. The summed E-state index contributed by atoms with van der Waals surface area (Å²) in [5.41, 5.74) is 1.50. The van der Waals surface area contributed by atoms with Gasteiger partial charge in [-0.05, 0) is 104 Å². The summed E-state index contributed by atoms with van der Waals surface area (Å²) in [4.78, 5) is 11.4. The molecule has 0 aromatic carbocycles. The molecule has 2 nitrogen and oxygen atoms in total. The quantitative estimate of drug-likeness (QED) is 0.482. The molecular formula is C25H42O2. The van der Waals surface area contributed by atoms with Crippen molar-refractivity contribution in [2.24, 2.45) is 45.8 Å². The van der Waals surface area contributed by atoms with Crippen LogP contribution in [0.1, 0.15) is 99.3 Å². The summed E-state index contributed by atoms with van der Waals surface area (Å²) in [6.45, 7) is 14.3. The van der Waals surface area contributed by atoms with E-state index in [1.807, 2.05) is 0 Å². The molecular weight excluding hydrogens is 332 g/mol. The standard InChI is InChI=1S/C25H42O2/c1-16(26)27-18-11-13-24(5)17(15-18)7-8-19-20-9-10-22(23(2,3)4)25(20,6)14-12-21(19)24/h17-22H,7-15H2,1-6H3. The fourth-order valence-corrected chi connectivity index (χ4v) is 8.98. The Hall–Kier alpha value is -0.530. The molecule has 8 unspecified atom stereocenters. The van der Waals surface area contributed by atoms with Crippen molar-refractivity contribution < 1.29 is 9.53 Å². The van der Waals surface area contributed by atoms with Crippen LogP contribution in [0.5, 0.6) is 0 Å². The van der Waals surface area contributed by atoms with Crippen molar-refractivity contribution >= 4 is 5.97 Å². The van der Waals surface area contributed by atoms with Gasteiger partial charge in [-0.1, -0.05) is 34.6 Å². The molecule has 0 aromatic heterocycles. The second kappa shape index (κ2) is 6.49. The van der Waals surface area contributed by atoms with Crippen molar-refractivity contribution in [1.82, 2.24) is 0 Å². The Kier molecular flexibility index (Phi) is 4.75. The van der Waals surface area contributed by atoms with E-state index >= 15 is 0 Å². The van der Waals surface area contributed by atoms with Crippen molar-refractivity contribution in [2.45, 2.75) is 105 Å². The van der Waals surface area contributed by atoms with Crippen LogP contribution in [-0.2, 0) is 9.53 Å². The number of hydrogen-bond acceptors (Lipinski definition) is 2. The third kappa shape index (κ3) is 3.08. The Labute approximate surface area is 167 Å². The van der Waals surface area contributed by atoms with Crippen LogP contribution < -0.4 is 0 Å². The molecule has 4 rings (SSSR count). The first kappa shape index (κ1) is 19.8. The van der Waals surface area contributed by atoms with Gasteiger partial charge in [-0.3, -0.25) is 4.79 Å². The van der Waals surface area contributed by atoms with Crippen molar-refractivity contribution in [1.29, 1.82) is 0 Å². The molecule has 154 valence electrons. The molecule has 0 amide bonds. The molecule has 2 heteroatoms. The zero-order valence-corrected chi connectivity index (χ0v) is 18.6. The molecule has 4 fully saturated rings. The molecule has 0 spiro atoms. The minimum absolute atomic E-state index is 0.0927. The van der Waals surface area contributed by atoms with Gasteiger partial charge in [0.1, 0.15) is 6.10 Å². The largest absolute Gasteiger partial charge is 0.463 e. The number of carbonyl (C=O) groups excluding carboxylic acids is 1. The second-order valence-corrected chi connectivity index (χ2v) is 12.2. The van der Waals surface area contributed by atoms with Crippen molar-refractivity contribution in [3.63, 3.8) is 0 Å². The average molecular weight is 375 g/mol. The van der Waals surface area contributed by atoms with Gasteiger partial charge in [0.15, 0.2) is 0 Å². The Balaban J connectivity index is 1.54. The van der Waals surface area contributed by atoms with E-state index in [4.69, 9.17) is 4.74 Å². The van der Waals surface area contributed by atoms with Crippen LogP contribution in [-0.4, -0.2) is 12.1 Å². The van der Waals surface area contributed by atoms with Gasteiger partial charge in [0.2, 0.25) is 0 Å². The summed E-state index contributed by atoms with van der Waals surface area (Å²) < 4.78 is 5.62. The summed E-state index contributed by atoms with van der Waals surface area (Å²) in [6, 6.07) is 0. The molecule has 0 saturated heterocycles. The molecule has 0 heterocycles. The summed E-state index contributed by atoms with van der Waals surface area (Å²) in [6.07, 6.45) is 12.2. The first-order valence-electron chi connectivity index (χ1n) is 11.7. The molecule has 0 bridgehead atoms. The Morgan fingerprint density at radius 1 is 0.889 bits per heavy atom. The zero-order valence-electron chi connectivity index (χ0n) is 18.6. The molecule has 27 heavy (non-hydrogen) atoms.